The third-order valence-corrected chi connectivity index (χ3v) is 6.82. The maximum atomic E-state index is 13.5. The van der Waals surface area contributed by atoms with E-state index in [9.17, 15) is 8.78 Å². The molecule has 1 saturated heterocycles. The SMILES string of the molecule is Fc1ccc(C(CCCN2CCN(c3cc4ccccc4cn3)CC2)c2ccc(F)cc2)cc1. The van der Waals surface area contributed by atoms with E-state index in [0.717, 1.165) is 62.5 Å². The molecule has 0 saturated carbocycles. The van der Waals surface area contributed by atoms with Crippen molar-refractivity contribution in [1.82, 2.24) is 9.88 Å². The Labute approximate surface area is 199 Å². The molecule has 1 fully saturated rings. The summed E-state index contributed by atoms with van der Waals surface area (Å²) in [5.74, 6) is 0.705. The van der Waals surface area contributed by atoms with E-state index >= 15 is 0 Å². The summed E-state index contributed by atoms with van der Waals surface area (Å²) >= 11 is 0. The van der Waals surface area contributed by atoms with Gasteiger partial charge in [0.2, 0.25) is 0 Å². The van der Waals surface area contributed by atoms with Gasteiger partial charge in [-0.15, -0.1) is 0 Å². The van der Waals surface area contributed by atoms with Crippen molar-refractivity contribution in [3.8, 4) is 0 Å². The molecule has 5 heteroatoms. The Bertz CT molecular complexity index is 1170. The largest absolute Gasteiger partial charge is 0.354 e. The maximum absolute atomic E-state index is 13.5. The van der Waals surface area contributed by atoms with E-state index in [-0.39, 0.29) is 17.6 Å². The van der Waals surface area contributed by atoms with Crippen LogP contribution in [0.15, 0.2) is 85.1 Å². The lowest BCUT2D eigenvalue weighted by Crippen LogP contribution is -2.46. The molecule has 1 aromatic heterocycles. The summed E-state index contributed by atoms with van der Waals surface area (Å²) in [6, 6.07) is 23.9. The average molecular weight is 458 g/mol. The third-order valence-electron chi connectivity index (χ3n) is 6.82. The van der Waals surface area contributed by atoms with Gasteiger partial charge in [-0.2, -0.15) is 0 Å². The predicted molar refractivity (Wildman–Crippen MR) is 134 cm³/mol. The zero-order chi connectivity index (χ0) is 23.3. The zero-order valence-corrected chi connectivity index (χ0v) is 19.2. The predicted octanol–water partition coefficient (Wildman–Crippen LogP) is 6.25. The minimum Gasteiger partial charge on any atom is -0.354 e. The highest BCUT2D eigenvalue weighted by molar-refractivity contribution is 5.83. The van der Waals surface area contributed by atoms with Crippen LogP contribution in [0.25, 0.3) is 10.8 Å². The second kappa shape index (κ2) is 10.3. The van der Waals surface area contributed by atoms with Crippen molar-refractivity contribution in [2.24, 2.45) is 0 Å². The fourth-order valence-electron chi connectivity index (χ4n) is 4.88. The van der Waals surface area contributed by atoms with Gasteiger partial charge >= 0.3 is 0 Å². The molecule has 5 rings (SSSR count). The molecule has 0 radical (unpaired) electrons. The lowest BCUT2D eigenvalue weighted by Gasteiger charge is -2.35. The van der Waals surface area contributed by atoms with Gasteiger partial charge in [0.1, 0.15) is 17.5 Å². The lowest BCUT2D eigenvalue weighted by molar-refractivity contribution is 0.251. The number of rotatable bonds is 7. The molecule has 34 heavy (non-hydrogen) atoms. The Balaban J connectivity index is 1.18. The smallest absolute Gasteiger partial charge is 0.129 e. The summed E-state index contributed by atoms with van der Waals surface area (Å²) in [7, 11) is 0. The Morgan fingerprint density at radius 1 is 0.735 bits per heavy atom. The van der Waals surface area contributed by atoms with Gasteiger partial charge in [0.15, 0.2) is 0 Å². The van der Waals surface area contributed by atoms with Crippen molar-refractivity contribution in [3.05, 3.63) is 108 Å². The molecule has 0 unspecified atom stereocenters. The Kier molecular flexibility index (Phi) is 6.82. The number of fused-ring (bicyclic) bond motifs is 1. The quantitative estimate of drug-likeness (QED) is 0.327. The molecule has 3 aromatic carbocycles. The lowest BCUT2D eigenvalue weighted by atomic mass is 9.87. The summed E-state index contributed by atoms with van der Waals surface area (Å²) in [6.45, 7) is 4.95. The van der Waals surface area contributed by atoms with Gasteiger partial charge in [0.25, 0.3) is 0 Å². The van der Waals surface area contributed by atoms with Crippen molar-refractivity contribution < 1.29 is 8.78 Å². The minimum absolute atomic E-state index is 0.129. The molecule has 0 N–H and O–H groups in total. The highest BCUT2D eigenvalue weighted by Crippen LogP contribution is 2.30. The van der Waals surface area contributed by atoms with Gasteiger partial charge in [0, 0.05) is 43.7 Å². The first-order chi connectivity index (χ1) is 16.7. The Hall–Kier alpha value is -3.31. The maximum Gasteiger partial charge on any atom is 0.129 e. The fourth-order valence-corrected chi connectivity index (χ4v) is 4.88. The normalized spacial score (nSPS) is 14.7. The first kappa shape index (κ1) is 22.5. The monoisotopic (exact) mass is 457 g/mol. The molecule has 1 aliphatic heterocycles. The van der Waals surface area contributed by atoms with E-state index in [1.165, 1.54) is 35.0 Å². The van der Waals surface area contributed by atoms with Crippen molar-refractivity contribution in [3.63, 3.8) is 0 Å². The first-order valence-electron chi connectivity index (χ1n) is 12.0. The number of hydrogen-bond acceptors (Lipinski definition) is 3. The molecule has 2 heterocycles. The molecular formula is C29H29F2N3. The van der Waals surface area contributed by atoms with Gasteiger partial charge in [-0.3, -0.25) is 4.90 Å². The second-order valence-corrected chi connectivity index (χ2v) is 9.02. The number of anilines is 1. The van der Waals surface area contributed by atoms with Crippen LogP contribution in [0.5, 0.6) is 0 Å². The summed E-state index contributed by atoms with van der Waals surface area (Å²) in [6.07, 6.45) is 3.92. The number of aromatic nitrogens is 1. The summed E-state index contributed by atoms with van der Waals surface area (Å²) in [5.41, 5.74) is 2.14. The van der Waals surface area contributed by atoms with E-state index in [4.69, 9.17) is 0 Å². The van der Waals surface area contributed by atoms with Crippen LogP contribution < -0.4 is 4.90 Å². The summed E-state index contributed by atoms with van der Waals surface area (Å²) in [4.78, 5) is 9.54. The van der Waals surface area contributed by atoms with E-state index in [1.807, 2.05) is 36.5 Å². The highest BCUT2D eigenvalue weighted by atomic mass is 19.1. The number of pyridine rings is 1. The molecule has 0 amide bonds. The van der Waals surface area contributed by atoms with Gasteiger partial charge in [-0.1, -0.05) is 48.5 Å². The van der Waals surface area contributed by atoms with Crippen molar-refractivity contribution in [1.29, 1.82) is 0 Å². The molecule has 174 valence electrons. The standard InChI is InChI=1S/C29H29F2N3/c30-26-11-7-22(8-12-26)28(23-9-13-27(31)14-10-23)6-3-15-33-16-18-34(19-17-33)29-20-24-4-1-2-5-25(24)21-32-29/h1-2,4-5,7-14,20-21,28H,3,6,15-19H2. The first-order valence-corrected chi connectivity index (χ1v) is 12.0. The Morgan fingerprint density at radius 3 is 1.94 bits per heavy atom. The molecule has 0 atom stereocenters. The van der Waals surface area contributed by atoms with E-state index in [2.05, 4.69) is 39.0 Å². The minimum atomic E-state index is -0.236. The zero-order valence-electron chi connectivity index (χ0n) is 19.2. The van der Waals surface area contributed by atoms with Gasteiger partial charge in [-0.25, -0.2) is 13.8 Å². The summed E-state index contributed by atoms with van der Waals surface area (Å²) < 4.78 is 26.9. The van der Waals surface area contributed by atoms with Crippen LogP contribution in [0, 0.1) is 11.6 Å². The molecule has 0 spiro atoms. The number of nitrogens with zero attached hydrogens (tertiary/aromatic N) is 3. The average Bonchev–Trinajstić information content (AvgIpc) is 2.88. The van der Waals surface area contributed by atoms with Crippen molar-refractivity contribution in [2.75, 3.05) is 37.6 Å². The third kappa shape index (κ3) is 5.26. The topological polar surface area (TPSA) is 19.4 Å². The second-order valence-electron chi connectivity index (χ2n) is 9.02. The van der Waals surface area contributed by atoms with Crippen LogP contribution >= 0.6 is 0 Å². The number of hydrogen-bond donors (Lipinski definition) is 0. The van der Waals surface area contributed by atoms with Gasteiger partial charge < -0.3 is 4.90 Å². The van der Waals surface area contributed by atoms with Crippen molar-refractivity contribution in [2.45, 2.75) is 18.8 Å². The van der Waals surface area contributed by atoms with Crippen LogP contribution in [0.4, 0.5) is 14.6 Å². The molecule has 4 aromatic rings. The van der Waals surface area contributed by atoms with E-state index in [0.29, 0.717) is 0 Å². The van der Waals surface area contributed by atoms with Crippen LogP contribution in [0.3, 0.4) is 0 Å². The Morgan fingerprint density at radius 2 is 1.32 bits per heavy atom. The number of piperazine rings is 1. The molecular weight excluding hydrogens is 428 g/mol. The number of halogens is 2. The highest BCUT2D eigenvalue weighted by Gasteiger charge is 2.20. The fraction of sp³-hybridized carbons (Fsp3) is 0.276. The van der Waals surface area contributed by atoms with Crippen LogP contribution in [0.2, 0.25) is 0 Å². The molecule has 1 aliphatic rings. The molecule has 0 bridgehead atoms. The van der Waals surface area contributed by atoms with Gasteiger partial charge in [-0.05, 0) is 66.2 Å². The van der Waals surface area contributed by atoms with E-state index < -0.39 is 0 Å². The van der Waals surface area contributed by atoms with Gasteiger partial charge in [0.05, 0.1) is 0 Å². The molecule has 0 aliphatic carbocycles. The van der Waals surface area contributed by atoms with Crippen LogP contribution in [-0.4, -0.2) is 42.6 Å². The van der Waals surface area contributed by atoms with Crippen molar-refractivity contribution >= 4 is 16.6 Å². The van der Waals surface area contributed by atoms with Crippen LogP contribution in [0.1, 0.15) is 29.9 Å². The summed E-state index contributed by atoms with van der Waals surface area (Å²) in [5, 5.41) is 2.39. The van der Waals surface area contributed by atoms with Crippen LogP contribution in [-0.2, 0) is 0 Å². The number of benzene rings is 3. The molecule has 3 nitrogen and oxygen atoms in total. The van der Waals surface area contributed by atoms with E-state index in [1.54, 1.807) is 0 Å².